The molecule has 0 aromatic heterocycles. The summed E-state index contributed by atoms with van der Waals surface area (Å²) in [6.07, 6.45) is 4.80. The van der Waals surface area contributed by atoms with Gasteiger partial charge in [0, 0.05) is 50.0 Å². The Labute approximate surface area is 256 Å². The van der Waals surface area contributed by atoms with E-state index in [4.69, 9.17) is 9.73 Å². The lowest BCUT2D eigenvalue weighted by atomic mass is 9.99. The first kappa shape index (κ1) is 28.0. The number of piperazine rings is 1. The summed E-state index contributed by atoms with van der Waals surface area (Å²) >= 11 is 0. The van der Waals surface area contributed by atoms with Crippen molar-refractivity contribution in [2.24, 2.45) is 4.99 Å². The van der Waals surface area contributed by atoms with Gasteiger partial charge in [-0.25, -0.2) is 13.9 Å². The van der Waals surface area contributed by atoms with E-state index in [1.54, 1.807) is 6.07 Å². The molecule has 1 amide bonds. The zero-order valence-electron chi connectivity index (χ0n) is 24.6. The molecule has 3 atom stereocenters. The predicted molar refractivity (Wildman–Crippen MR) is 171 cm³/mol. The van der Waals surface area contributed by atoms with E-state index in [2.05, 4.69) is 17.0 Å². The summed E-state index contributed by atoms with van der Waals surface area (Å²) in [7, 11) is 0. The third-order valence-electron chi connectivity index (χ3n) is 9.28. The Morgan fingerprint density at radius 3 is 2.70 bits per heavy atom. The molecule has 1 unspecified atom stereocenters. The highest BCUT2D eigenvalue weighted by Crippen LogP contribution is 2.41. The molecule has 4 aromatic rings. The number of amides is 1. The van der Waals surface area contributed by atoms with Gasteiger partial charge >= 0.3 is 0 Å². The summed E-state index contributed by atoms with van der Waals surface area (Å²) in [6, 6.07) is 29.0. The number of carbonyl (C=O) groups excluding carboxylic acids is 1. The lowest BCUT2D eigenvalue weighted by Crippen LogP contribution is -2.59. The standard InChI is InChI=1S/C36H33FN5O2/c1-25-39-22-31-18-29(14-17-42(25,31)30-12-10-28(21-38)34(37)19-30)40-15-16-41(36(43)23-40)35-9-5-8-27-11-13-32(20-33(27)35)44-24-26-6-3-2-4-7-26/h2-13,18-20,22,25,29H,14-17,23-24H2,1H3/q+1/t25-,29?,42-/m0/s1. The van der Waals surface area contributed by atoms with Crippen LogP contribution in [0.1, 0.15) is 24.5 Å². The smallest absolute Gasteiger partial charge is 0.241 e. The van der Waals surface area contributed by atoms with Gasteiger partial charge in [-0.2, -0.15) is 5.26 Å². The van der Waals surface area contributed by atoms with Crippen molar-refractivity contribution in [1.82, 2.24) is 9.38 Å². The molecule has 7 rings (SSSR count). The van der Waals surface area contributed by atoms with E-state index in [1.165, 1.54) is 6.07 Å². The van der Waals surface area contributed by atoms with Crippen molar-refractivity contribution in [3.63, 3.8) is 0 Å². The SMILES string of the molecule is C[C@H]1N=CC2=CC(N3CCN(c4cccc5ccc(OCc6ccccc6)cc45)C(=O)C3)CC[N@+]21c1ccc(C#N)c(F)c1. The summed E-state index contributed by atoms with van der Waals surface area (Å²) < 4.78 is 21.2. The van der Waals surface area contributed by atoms with Crippen LogP contribution in [0.15, 0.2) is 102 Å². The van der Waals surface area contributed by atoms with Crippen molar-refractivity contribution >= 4 is 34.3 Å². The minimum Gasteiger partial charge on any atom is -0.489 e. The highest BCUT2D eigenvalue weighted by atomic mass is 19.1. The summed E-state index contributed by atoms with van der Waals surface area (Å²) in [5, 5.41) is 11.3. The topological polar surface area (TPSA) is 68.9 Å². The van der Waals surface area contributed by atoms with Gasteiger partial charge in [0.05, 0.1) is 30.6 Å². The number of nitriles is 1. The van der Waals surface area contributed by atoms with Crippen LogP contribution in [0.3, 0.4) is 0 Å². The molecule has 0 saturated carbocycles. The minimum atomic E-state index is -0.511. The van der Waals surface area contributed by atoms with E-state index in [9.17, 15) is 14.4 Å². The maximum atomic E-state index is 14.7. The van der Waals surface area contributed by atoms with Crippen LogP contribution in [-0.4, -0.2) is 55.4 Å². The Kier molecular flexibility index (Phi) is 7.21. The highest BCUT2D eigenvalue weighted by Gasteiger charge is 2.48. The quantitative estimate of drug-likeness (QED) is 0.254. The summed E-state index contributed by atoms with van der Waals surface area (Å²) in [5.41, 5.74) is 3.83. The first-order valence-corrected chi connectivity index (χ1v) is 15.0. The van der Waals surface area contributed by atoms with Crippen molar-refractivity contribution in [2.75, 3.05) is 31.1 Å². The molecule has 0 N–H and O–H groups in total. The van der Waals surface area contributed by atoms with Gasteiger partial charge in [-0.15, -0.1) is 0 Å². The average Bonchev–Trinajstić information content (AvgIpc) is 3.40. The summed E-state index contributed by atoms with van der Waals surface area (Å²) in [6.45, 7) is 4.88. The van der Waals surface area contributed by atoms with Crippen LogP contribution in [0.5, 0.6) is 5.75 Å². The van der Waals surface area contributed by atoms with Crippen LogP contribution in [0.2, 0.25) is 0 Å². The van der Waals surface area contributed by atoms with Gasteiger partial charge in [-0.05, 0) is 41.3 Å². The number of quaternary nitrogens is 1. The summed E-state index contributed by atoms with van der Waals surface area (Å²) in [4.78, 5) is 22.5. The van der Waals surface area contributed by atoms with E-state index in [0.29, 0.717) is 24.2 Å². The molecule has 0 spiro atoms. The van der Waals surface area contributed by atoms with Gasteiger partial charge in [-0.1, -0.05) is 48.5 Å². The third-order valence-corrected chi connectivity index (χ3v) is 9.28. The Balaban J connectivity index is 1.10. The van der Waals surface area contributed by atoms with E-state index < -0.39 is 5.82 Å². The Morgan fingerprint density at radius 2 is 1.91 bits per heavy atom. The van der Waals surface area contributed by atoms with Gasteiger partial charge in [-0.3, -0.25) is 9.69 Å². The maximum absolute atomic E-state index is 14.7. The van der Waals surface area contributed by atoms with Gasteiger partial charge in [0.1, 0.15) is 29.9 Å². The fourth-order valence-corrected chi connectivity index (χ4v) is 6.88. The molecule has 0 radical (unpaired) electrons. The van der Waals surface area contributed by atoms with Crippen molar-refractivity contribution in [1.29, 1.82) is 5.26 Å². The predicted octanol–water partition coefficient (Wildman–Crippen LogP) is 6.17. The summed E-state index contributed by atoms with van der Waals surface area (Å²) in [5.74, 6) is 0.319. The Morgan fingerprint density at radius 1 is 1.05 bits per heavy atom. The number of halogens is 1. The number of carbonyl (C=O) groups is 1. The number of fused-ring (bicyclic) bond motifs is 2. The van der Waals surface area contributed by atoms with Gasteiger partial charge in [0.15, 0.2) is 11.9 Å². The first-order chi connectivity index (χ1) is 21.5. The number of rotatable bonds is 6. The zero-order valence-corrected chi connectivity index (χ0v) is 24.6. The third kappa shape index (κ3) is 4.84. The lowest BCUT2D eigenvalue weighted by molar-refractivity contribution is -0.121. The average molecular weight is 587 g/mol. The van der Waals surface area contributed by atoms with E-state index in [1.807, 2.05) is 90.8 Å². The number of benzene rings is 4. The molecular weight excluding hydrogens is 553 g/mol. The van der Waals surface area contributed by atoms with Crippen LogP contribution >= 0.6 is 0 Å². The molecule has 7 nitrogen and oxygen atoms in total. The van der Waals surface area contributed by atoms with Crippen molar-refractivity contribution in [3.05, 3.63) is 114 Å². The lowest BCUT2D eigenvalue weighted by Gasteiger charge is -2.44. The molecule has 4 aromatic carbocycles. The number of anilines is 1. The van der Waals surface area contributed by atoms with Crippen LogP contribution in [0.4, 0.5) is 15.8 Å². The van der Waals surface area contributed by atoms with Crippen LogP contribution in [0, 0.1) is 17.1 Å². The zero-order chi connectivity index (χ0) is 30.3. The van der Waals surface area contributed by atoms with Crippen LogP contribution in [0.25, 0.3) is 10.8 Å². The van der Waals surface area contributed by atoms with Crippen molar-refractivity contribution in [3.8, 4) is 11.8 Å². The molecule has 0 aliphatic carbocycles. The number of nitrogens with zero attached hydrogens (tertiary/aromatic N) is 5. The van der Waals surface area contributed by atoms with Crippen molar-refractivity contribution < 1.29 is 13.9 Å². The largest absolute Gasteiger partial charge is 0.489 e. The van der Waals surface area contributed by atoms with Crippen LogP contribution < -0.4 is 14.1 Å². The number of hydrogen-bond donors (Lipinski definition) is 0. The fraction of sp³-hybridized carbons (Fsp3) is 0.250. The highest BCUT2D eigenvalue weighted by molar-refractivity contribution is 6.05. The number of allylic oxidation sites excluding steroid dienone is 1. The van der Waals surface area contributed by atoms with Gasteiger partial charge in [0.25, 0.3) is 0 Å². The van der Waals surface area contributed by atoms with E-state index in [-0.39, 0.29) is 23.7 Å². The van der Waals surface area contributed by atoms with Crippen LogP contribution in [-0.2, 0) is 11.4 Å². The normalized spacial score (nSPS) is 23.3. The fourth-order valence-electron chi connectivity index (χ4n) is 6.88. The van der Waals surface area contributed by atoms with Gasteiger partial charge in [0.2, 0.25) is 5.91 Å². The van der Waals surface area contributed by atoms with E-state index in [0.717, 1.165) is 58.7 Å². The number of ether oxygens (including phenoxy) is 1. The van der Waals surface area contributed by atoms with Crippen molar-refractivity contribution in [2.45, 2.75) is 32.2 Å². The minimum absolute atomic E-state index is 0.0404. The molecule has 220 valence electrons. The van der Waals surface area contributed by atoms with E-state index >= 15 is 0 Å². The second-order valence-corrected chi connectivity index (χ2v) is 11.7. The molecule has 1 fully saturated rings. The second-order valence-electron chi connectivity index (χ2n) is 11.7. The Hall–Kier alpha value is -4.84. The Bertz CT molecular complexity index is 1850. The first-order valence-electron chi connectivity index (χ1n) is 15.0. The number of aliphatic imine (C=N–C) groups is 1. The molecule has 8 heteroatoms. The maximum Gasteiger partial charge on any atom is 0.241 e. The molecular formula is C36H33FN5O2+. The molecule has 3 aliphatic rings. The molecule has 1 saturated heterocycles. The molecule has 44 heavy (non-hydrogen) atoms. The molecule has 3 aliphatic heterocycles. The monoisotopic (exact) mass is 586 g/mol. The second kappa shape index (κ2) is 11.3. The molecule has 3 heterocycles. The molecule has 0 bridgehead atoms. The van der Waals surface area contributed by atoms with Gasteiger partial charge < -0.3 is 9.64 Å². The number of hydrogen-bond acceptors (Lipinski definition) is 5.